The molecule has 1 heterocycles. The largest absolute Gasteiger partial charge is 0.389 e. The van der Waals surface area contributed by atoms with Crippen molar-refractivity contribution in [3.63, 3.8) is 0 Å². The van der Waals surface area contributed by atoms with Gasteiger partial charge in [0.15, 0.2) is 0 Å². The fourth-order valence-electron chi connectivity index (χ4n) is 4.35. The van der Waals surface area contributed by atoms with Crippen molar-refractivity contribution in [2.75, 3.05) is 19.6 Å². The number of halogens is 3. The smallest absolute Gasteiger partial charge is 0.312 e. The number of hydrogen-bond donors (Lipinski definition) is 1. The Kier molecular flexibility index (Phi) is 5.95. The molecule has 5 heteroatoms. The number of alkyl halides is 3. The third-order valence-electron chi connectivity index (χ3n) is 5.26. The van der Waals surface area contributed by atoms with Gasteiger partial charge in [-0.1, -0.05) is 19.8 Å². The van der Waals surface area contributed by atoms with E-state index in [1.165, 1.54) is 25.7 Å². The summed E-state index contributed by atoms with van der Waals surface area (Å²) in [6, 6.07) is 0.213. The summed E-state index contributed by atoms with van der Waals surface area (Å²) < 4.78 is 37.3. The summed E-state index contributed by atoms with van der Waals surface area (Å²) >= 11 is 0. The van der Waals surface area contributed by atoms with Crippen LogP contribution < -0.4 is 5.32 Å². The molecule has 1 aliphatic heterocycles. The number of likely N-dealkylation sites (tertiary alicyclic amines) is 1. The highest BCUT2D eigenvalue weighted by molar-refractivity contribution is 5.04. The van der Waals surface area contributed by atoms with Crippen LogP contribution in [0.5, 0.6) is 0 Å². The molecule has 124 valence electrons. The Morgan fingerprint density at radius 3 is 2.24 bits per heavy atom. The summed E-state index contributed by atoms with van der Waals surface area (Å²) in [6.45, 7) is 5.15. The fourth-order valence-corrected chi connectivity index (χ4v) is 4.35. The summed E-state index contributed by atoms with van der Waals surface area (Å²) in [4.78, 5) is 2.58. The van der Waals surface area contributed by atoms with Crippen LogP contribution in [0.4, 0.5) is 13.2 Å². The van der Waals surface area contributed by atoms with Gasteiger partial charge in [-0.25, -0.2) is 0 Å². The van der Waals surface area contributed by atoms with Crippen molar-refractivity contribution in [3.05, 3.63) is 0 Å². The van der Waals surface area contributed by atoms with Crippen molar-refractivity contribution in [2.45, 2.75) is 82.5 Å². The van der Waals surface area contributed by atoms with Gasteiger partial charge < -0.3 is 5.32 Å². The van der Waals surface area contributed by atoms with E-state index in [1.54, 1.807) is 0 Å². The van der Waals surface area contributed by atoms with Gasteiger partial charge in [0.05, 0.1) is 0 Å². The van der Waals surface area contributed by atoms with E-state index in [1.807, 2.05) is 0 Å². The fraction of sp³-hybridized carbons (Fsp3) is 1.00. The van der Waals surface area contributed by atoms with Crippen LogP contribution >= 0.6 is 0 Å². The molecular weight excluding hydrogens is 277 g/mol. The van der Waals surface area contributed by atoms with E-state index in [2.05, 4.69) is 17.1 Å². The average Bonchev–Trinajstić information content (AvgIpc) is 3.08. The van der Waals surface area contributed by atoms with Crippen LogP contribution in [0.3, 0.4) is 0 Å². The molecule has 1 unspecified atom stereocenters. The Bertz CT molecular complexity index is 305. The molecule has 1 saturated carbocycles. The highest BCUT2D eigenvalue weighted by Gasteiger charge is 2.46. The quantitative estimate of drug-likeness (QED) is 0.761. The summed E-state index contributed by atoms with van der Waals surface area (Å²) in [7, 11) is 0. The lowest BCUT2D eigenvalue weighted by molar-refractivity contribution is -0.136. The third kappa shape index (κ3) is 4.35. The molecule has 1 N–H and O–H groups in total. The van der Waals surface area contributed by atoms with Crippen molar-refractivity contribution in [2.24, 2.45) is 0 Å². The Hall–Kier alpha value is -0.290. The summed E-state index contributed by atoms with van der Waals surface area (Å²) in [5.74, 6) is 0. The van der Waals surface area contributed by atoms with E-state index in [0.717, 1.165) is 32.5 Å². The first-order valence-corrected chi connectivity index (χ1v) is 8.53. The maximum atomic E-state index is 12.4. The van der Waals surface area contributed by atoms with E-state index >= 15 is 0 Å². The van der Waals surface area contributed by atoms with Crippen molar-refractivity contribution in [1.29, 1.82) is 0 Å². The SMILES string of the molecule is CCNC(CCCC(F)(F)F)C1(N2CCCC2)CCCC1. The second-order valence-electron chi connectivity index (χ2n) is 6.62. The molecule has 1 saturated heterocycles. The van der Waals surface area contributed by atoms with Gasteiger partial charge >= 0.3 is 6.18 Å². The van der Waals surface area contributed by atoms with Crippen molar-refractivity contribution >= 4 is 0 Å². The van der Waals surface area contributed by atoms with Crippen LogP contribution in [0.15, 0.2) is 0 Å². The predicted molar refractivity (Wildman–Crippen MR) is 79.4 cm³/mol. The summed E-state index contributed by atoms with van der Waals surface area (Å²) in [5, 5.41) is 3.52. The normalized spacial score (nSPS) is 24.6. The summed E-state index contributed by atoms with van der Waals surface area (Å²) in [6.07, 6.45) is 3.44. The lowest BCUT2D eigenvalue weighted by Crippen LogP contribution is -2.59. The van der Waals surface area contributed by atoms with E-state index in [-0.39, 0.29) is 18.0 Å². The van der Waals surface area contributed by atoms with Gasteiger partial charge in [0.25, 0.3) is 0 Å². The molecule has 0 aromatic heterocycles. The first-order valence-electron chi connectivity index (χ1n) is 8.53. The Morgan fingerprint density at radius 2 is 1.71 bits per heavy atom. The van der Waals surface area contributed by atoms with Crippen molar-refractivity contribution in [3.8, 4) is 0 Å². The second-order valence-corrected chi connectivity index (χ2v) is 6.62. The first-order chi connectivity index (χ1) is 9.98. The molecule has 21 heavy (non-hydrogen) atoms. The van der Waals surface area contributed by atoms with E-state index in [9.17, 15) is 13.2 Å². The molecule has 0 amide bonds. The van der Waals surface area contributed by atoms with Gasteiger partial charge in [0, 0.05) is 18.0 Å². The van der Waals surface area contributed by atoms with Gasteiger partial charge in [-0.05, 0) is 58.2 Å². The Balaban J connectivity index is 2.02. The molecule has 2 fully saturated rings. The lowest BCUT2D eigenvalue weighted by atomic mass is 9.83. The molecule has 0 radical (unpaired) electrons. The molecular formula is C16H29F3N2. The molecule has 1 atom stereocenters. The van der Waals surface area contributed by atoms with Gasteiger partial charge in [-0.2, -0.15) is 13.2 Å². The molecule has 2 nitrogen and oxygen atoms in total. The highest BCUT2D eigenvalue weighted by Crippen LogP contribution is 2.41. The second kappa shape index (κ2) is 7.32. The number of nitrogens with zero attached hydrogens (tertiary/aromatic N) is 1. The van der Waals surface area contributed by atoms with Crippen LogP contribution in [0.25, 0.3) is 0 Å². The zero-order valence-electron chi connectivity index (χ0n) is 13.1. The standard InChI is InChI=1S/C16H29F3N2/c1-2-20-14(8-7-11-16(17,18)19)15(9-3-4-10-15)21-12-5-6-13-21/h14,20H,2-13H2,1H3. The molecule has 0 aromatic rings. The maximum absolute atomic E-state index is 12.4. The van der Waals surface area contributed by atoms with E-state index in [4.69, 9.17) is 0 Å². The van der Waals surface area contributed by atoms with Crippen LogP contribution in [0, 0.1) is 0 Å². The van der Waals surface area contributed by atoms with Gasteiger partial charge in [-0.3, -0.25) is 4.90 Å². The van der Waals surface area contributed by atoms with Crippen LogP contribution in [-0.2, 0) is 0 Å². The molecule has 2 rings (SSSR count). The van der Waals surface area contributed by atoms with Crippen LogP contribution in [-0.4, -0.2) is 42.3 Å². The summed E-state index contributed by atoms with van der Waals surface area (Å²) in [5.41, 5.74) is 0.123. The minimum atomic E-state index is -4.02. The van der Waals surface area contributed by atoms with Gasteiger partial charge in [0.2, 0.25) is 0 Å². The zero-order chi connectivity index (χ0) is 15.3. The number of likely N-dealkylation sites (N-methyl/N-ethyl adjacent to an activating group) is 1. The zero-order valence-corrected chi connectivity index (χ0v) is 13.1. The molecule has 0 aromatic carbocycles. The van der Waals surface area contributed by atoms with Gasteiger partial charge in [-0.15, -0.1) is 0 Å². The Labute approximate surface area is 126 Å². The third-order valence-corrected chi connectivity index (χ3v) is 5.26. The highest BCUT2D eigenvalue weighted by atomic mass is 19.4. The minimum Gasteiger partial charge on any atom is -0.312 e. The minimum absolute atomic E-state index is 0.123. The molecule has 1 aliphatic carbocycles. The van der Waals surface area contributed by atoms with Gasteiger partial charge in [0.1, 0.15) is 0 Å². The molecule has 0 spiro atoms. The lowest BCUT2D eigenvalue weighted by Gasteiger charge is -2.45. The average molecular weight is 306 g/mol. The first kappa shape index (κ1) is 17.1. The Morgan fingerprint density at radius 1 is 1.10 bits per heavy atom. The molecule has 0 bridgehead atoms. The van der Waals surface area contributed by atoms with E-state index < -0.39 is 12.6 Å². The molecule has 2 aliphatic rings. The number of nitrogens with one attached hydrogen (secondary N) is 1. The van der Waals surface area contributed by atoms with Crippen LogP contribution in [0.1, 0.15) is 64.7 Å². The number of rotatable bonds is 7. The topological polar surface area (TPSA) is 15.3 Å². The number of hydrogen-bond acceptors (Lipinski definition) is 2. The van der Waals surface area contributed by atoms with Crippen LogP contribution in [0.2, 0.25) is 0 Å². The van der Waals surface area contributed by atoms with E-state index in [0.29, 0.717) is 6.42 Å². The maximum Gasteiger partial charge on any atom is 0.389 e. The van der Waals surface area contributed by atoms with Crippen molar-refractivity contribution in [1.82, 2.24) is 10.2 Å². The van der Waals surface area contributed by atoms with Crippen molar-refractivity contribution < 1.29 is 13.2 Å². The monoisotopic (exact) mass is 306 g/mol. The predicted octanol–water partition coefficient (Wildman–Crippen LogP) is 4.11.